The fourth-order valence-electron chi connectivity index (χ4n) is 2.82. The summed E-state index contributed by atoms with van der Waals surface area (Å²) in [6, 6.07) is 4.41. The fraction of sp³-hybridized carbons (Fsp3) is 0.333. The number of carbonyl (C=O) groups is 3. The average molecular weight is 357 g/mol. The SMILES string of the molecule is CCC(C)C(C)N1C(=O)c2ccc(C(=O)Nc3nccs3)cc2C1=O. The fourth-order valence-corrected chi connectivity index (χ4v) is 3.34. The zero-order valence-electron chi connectivity index (χ0n) is 14.3. The third kappa shape index (κ3) is 3.07. The highest BCUT2D eigenvalue weighted by Gasteiger charge is 2.40. The maximum atomic E-state index is 12.7. The number of aromatic nitrogens is 1. The van der Waals surface area contributed by atoms with E-state index in [-0.39, 0.29) is 35.2 Å². The molecule has 25 heavy (non-hydrogen) atoms. The Morgan fingerprint density at radius 2 is 1.96 bits per heavy atom. The van der Waals surface area contributed by atoms with Crippen molar-refractivity contribution < 1.29 is 14.4 Å². The van der Waals surface area contributed by atoms with E-state index in [1.807, 2.05) is 20.8 Å². The Hall–Kier alpha value is -2.54. The Labute approximate surface area is 149 Å². The predicted molar refractivity (Wildman–Crippen MR) is 95.9 cm³/mol. The predicted octanol–water partition coefficient (Wildman–Crippen LogP) is 3.43. The van der Waals surface area contributed by atoms with Crippen LogP contribution in [0.1, 0.15) is 58.3 Å². The van der Waals surface area contributed by atoms with Gasteiger partial charge in [-0.25, -0.2) is 4.98 Å². The molecule has 2 aromatic rings. The van der Waals surface area contributed by atoms with E-state index in [4.69, 9.17) is 0 Å². The van der Waals surface area contributed by atoms with Crippen LogP contribution in [-0.2, 0) is 0 Å². The van der Waals surface area contributed by atoms with Crippen LogP contribution in [0.5, 0.6) is 0 Å². The van der Waals surface area contributed by atoms with Crippen molar-refractivity contribution in [2.24, 2.45) is 5.92 Å². The summed E-state index contributed by atoms with van der Waals surface area (Å²) in [5, 5.41) is 4.92. The molecule has 1 aliphatic heterocycles. The van der Waals surface area contributed by atoms with Gasteiger partial charge in [0.15, 0.2) is 5.13 Å². The summed E-state index contributed by atoms with van der Waals surface area (Å²) in [6.45, 7) is 5.92. The Morgan fingerprint density at radius 1 is 1.24 bits per heavy atom. The molecule has 0 radical (unpaired) electrons. The molecule has 1 N–H and O–H groups in total. The number of hydrogen-bond acceptors (Lipinski definition) is 5. The highest BCUT2D eigenvalue weighted by molar-refractivity contribution is 7.13. The number of hydrogen-bond donors (Lipinski definition) is 1. The molecular weight excluding hydrogens is 338 g/mol. The first-order valence-corrected chi connectivity index (χ1v) is 9.04. The van der Waals surface area contributed by atoms with Crippen molar-refractivity contribution in [2.75, 3.05) is 5.32 Å². The molecule has 0 bridgehead atoms. The monoisotopic (exact) mass is 357 g/mol. The molecule has 6 nitrogen and oxygen atoms in total. The molecule has 2 atom stereocenters. The molecule has 1 aliphatic rings. The van der Waals surface area contributed by atoms with Gasteiger partial charge < -0.3 is 0 Å². The van der Waals surface area contributed by atoms with E-state index in [1.165, 1.54) is 22.3 Å². The maximum absolute atomic E-state index is 12.7. The second-order valence-corrected chi connectivity index (χ2v) is 7.05. The molecule has 0 saturated carbocycles. The Bertz CT molecular complexity index is 832. The van der Waals surface area contributed by atoms with Gasteiger partial charge in [0.05, 0.1) is 11.1 Å². The molecule has 3 amide bonds. The standard InChI is InChI=1S/C18H19N3O3S/c1-4-10(2)11(3)21-16(23)13-6-5-12(9-14(13)17(21)24)15(22)20-18-19-7-8-25-18/h5-11H,4H2,1-3H3,(H,19,20,22). The number of amides is 3. The topological polar surface area (TPSA) is 79.4 Å². The molecular formula is C18H19N3O3S. The number of nitrogens with one attached hydrogen (secondary N) is 1. The zero-order chi connectivity index (χ0) is 18.1. The molecule has 7 heteroatoms. The van der Waals surface area contributed by atoms with Crippen LogP contribution in [-0.4, -0.2) is 33.6 Å². The van der Waals surface area contributed by atoms with Crippen molar-refractivity contribution in [1.29, 1.82) is 0 Å². The second-order valence-electron chi connectivity index (χ2n) is 6.16. The number of rotatable bonds is 5. The molecule has 2 heterocycles. The van der Waals surface area contributed by atoms with Crippen LogP contribution in [0.25, 0.3) is 0 Å². The number of anilines is 1. The van der Waals surface area contributed by atoms with Gasteiger partial charge in [0.2, 0.25) is 0 Å². The van der Waals surface area contributed by atoms with Crippen molar-refractivity contribution in [1.82, 2.24) is 9.88 Å². The lowest BCUT2D eigenvalue weighted by atomic mass is 9.99. The first kappa shape index (κ1) is 17.3. The van der Waals surface area contributed by atoms with E-state index in [2.05, 4.69) is 10.3 Å². The lowest BCUT2D eigenvalue weighted by Gasteiger charge is -2.27. The molecule has 0 aliphatic carbocycles. The maximum Gasteiger partial charge on any atom is 0.261 e. The Balaban J connectivity index is 1.87. The average Bonchev–Trinajstić information content (AvgIpc) is 3.20. The summed E-state index contributed by atoms with van der Waals surface area (Å²) in [4.78, 5) is 43.0. The molecule has 1 aromatic carbocycles. The molecule has 3 rings (SSSR count). The van der Waals surface area contributed by atoms with Gasteiger partial charge in [0.25, 0.3) is 17.7 Å². The number of carbonyl (C=O) groups excluding carboxylic acids is 3. The van der Waals surface area contributed by atoms with Gasteiger partial charge >= 0.3 is 0 Å². The summed E-state index contributed by atoms with van der Waals surface area (Å²) >= 11 is 1.31. The first-order chi connectivity index (χ1) is 11.9. The quantitative estimate of drug-likeness (QED) is 0.832. The lowest BCUT2D eigenvalue weighted by molar-refractivity contribution is 0.0550. The van der Waals surface area contributed by atoms with Crippen molar-refractivity contribution in [2.45, 2.75) is 33.2 Å². The highest BCUT2D eigenvalue weighted by Crippen LogP contribution is 2.29. The van der Waals surface area contributed by atoms with Gasteiger partial charge in [-0.15, -0.1) is 11.3 Å². The van der Waals surface area contributed by atoms with Crippen LogP contribution in [0, 0.1) is 5.92 Å². The number of benzene rings is 1. The van der Waals surface area contributed by atoms with Gasteiger partial charge in [0.1, 0.15) is 0 Å². The molecule has 0 fully saturated rings. The smallest absolute Gasteiger partial charge is 0.261 e. The Kier molecular flexibility index (Phi) is 4.67. The van der Waals surface area contributed by atoms with Crippen LogP contribution in [0.2, 0.25) is 0 Å². The van der Waals surface area contributed by atoms with Crippen molar-refractivity contribution >= 4 is 34.2 Å². The van der Waals surface area contributed by atoms with Crippen molar-refractivity contribution in [3.05, 3.63) is 46.5 Å². The number of thiazole rings is 1. The zero-order valence-corrected chi connectivity index (χ0v) is 15.1. The summed E-state index contributed by atoms with van der Waals surface area (Å²) in [5.74, 6) is -0.780. The van der Waals surface area contributed by atoms with Gasteiger partial charge in [-0.2, -0.15) is 0 Å². The number of nitrogens with zero attached hydrogens (tertiary/aromatic N) is 2. The lowest BCUT2D eigenvalue weighted by Crippen LogP contribution is -2.41. The summed E-state index contributed by atoms with van der Waals surface area (Å²) in [6.07, 6.45) is 2.47. The Morgan fingerprint density at radius 3 is 2.60 bits per heavy atom. The third-order valence-electron chi connectivity index (χ3n) is 4.71. The van der Waals surface area contributed by atoms with Crippen LogP contribution in [0.3, 0.4) is 0 Å². The minimum atomic E-state index is -0.355. The van der Waals surface area contributed by atoms with Gasteiger partial charge in [-0.1, -0.05) is 20.3 Å². The first-order valence-electron chi connectivity index (χ1n) is 8.16. The van der Waals surface area contributed by atoms with E-state index < -0.39 is 0 Å². The normalized spacial score (nSPS) is 15.9. The third-order valence-corrected chi connectivity index (χ3v) is 5.40. The molecule has 130 valence electrons. The summed E-state index contributed by atoms with van der Waals surface area (Å²) in [5.41, 5.74) is 0.964. The van der Waals surface area contributed by atoms with Gasteiger partial charge in [-0.3, -0.25) is 24.6 Å². The molecule has 2 unspecified atom stereocenters. The molecule has 0 spiro atoms. The van der Waals surface area contributed by atoms with E-state index in [1.54, 1.807) is 23.7 Å². The van der Waals surface area contributed by atoms with Crippen LogP contribution in [0.4, 0.5) is 5.13 Å². The molecule has 0 saturated heterocycles. The number of fused-ring (bicyclic) bond motifs is 1. The minimum absolute atomic E-state index is 0.190. The van der Waals surface area contributed by atoms with E-state index in [0.717, 1.165) is 6.42 Å². The minimum Gasteiger partial charge on any atom is -0.298 e. The van der Waals surface area contributed by atoms with Crippen LogP contribution >= 0.6 is 11.3 Å². The van der Waals surface area contributed by atoms with Crippen molar-refractivity contribution in [3.63, 3.8) is 0 Å². The summed E-state index contributed by atoms with van der Waals surface area (Å²) < 4.78 is 0. The molecule has 1 aromatic heterocycles. The van der Waals surface area contributed by atoms with E-state index >= 15 is 0 Å². The number of imide groups is 1. The summed E-state index contributed by atoms with van der Waals surface area (Å²) in [7, 11) is 0. The van der Waals surface area contributed by atoms with Crippen LogP contribution < -0.4 is 5.32 Å². The largest absolute Gasteiger partial charge is 0.298 e. The van der Waals surface area contributed by atoms with Crippen LogP contribution in [0.15, 0.2) is 29.8 Å². The van der Waals surface area contributed by atoms with Crippen molar-refractivity contribution in [3.8, 4) is 0 Å². The van der Waals surface area contributed by atoms with E-state index in [0.29, 0.717) is 16.3 Å². The van der Waals surface area contributed by atoms with Gasteiger partial charge in [-0.05, 0) is 31.0 Å². The van der Waals surface area contributed by atoms with E-state index in [9.17, 15) is 14.4 Å². The highest BCUT2D eigenvalue weighted by atomic mass is 32.1. The second kappa shape index (κ2) is 6.76. The van der Waals surface area contributed by atoms with Gasteiger partial charge in [0, 0.05) is 23.2 Å².